The molecule has 2 atom stereocenters. The van der Waals surface area contributed by atoms with Crippen LogP contribution in [0.5, 0.6) is 0 Å². The second-order valence-corrected chi connectivity index (χ2v) is 7.49. The average molecular weight is 403 g/mol. The standard InChI is InChI=1S/C24H22FN3O2/c1-2-19(16-6-4-3-5-7-16)23(30)28-24-26-14-20-21(27-24)12-17(13-22(20)29)15-8-10-18(25)11-9-15/h3-11,14,17,19H,2,12-13H2,1H3,(H,26,27,28,30)/t17-,19+/m1/s1. The fourth-order valence-corrected chi connectivity index (χ4v) is 3.93. The van der Waals surface area contributed by atoms with Crippen LogP contribution >= 0.6 is 0 Å². The summed E-state index contributed by atoms with van der Waals surface area (Å²) in [7, 11) is 0. The molecule has 0 saturated heterocycles. The number of aromatic nitrogens is 2. The number of hydrogen-bond donors (Lipinski definition) is 1. The number of amides is 1. The molecule has 0 aliphatic heterocycles. The third kappa shape index (κ3) is 4.13. The third-order valence-corrected chi connectivity index (χ3v) is 5.54. The highest BCUT2D eigenvalue weighted by Gasteiger charge is 2.28. The van der Waals surface area contributed by atoms with E-state index in [9.17, 15) is 14.0 Å². The minimum absolute atomic E-state index is 0.0424. The molecule has 1 aliphatic rings. The minimum Gasteiger partial charge on any atom is -0.294 e. The fraction of sp³-hybridized carbons (Fsp3) is 0.250. The van der Waals surface area contributed by atoms with Crippen LogP contribution < -0.4 is 5.32 Å². The lowest BCUT2D eigenvalue weighted by atomic mass is 9.82. The Morgan fingerprint density at radius 3 is 2.57 bits per heavy atom. The molecule has 0 unspecified atom stereocenters. The van der Waals surface area contributed by atoms with E-state index in [1.807, 2.05) is 37.3 Å². The maximum atomic E-state index is 13.2. The predicted octanol–water partition coefficient (Wildman–Crippen LogP) is 4.66. The molecule has 1 heterocycles. The lowest BCUT2D eigenvalue weighted by molar-refractivity contribution is -0.117. The van der Waals surface area contributed by atoms with Gasteiger partial charge < -0.3 is 0 Å². The number of fused-ring (bicyclic) bond motifs is 1. The molecule has 5 nitrogen and oxygen atoms in total. The monoisotopic (exact) mass is 403 g/mol. The zero-order valence-electron chi connectivity index (χ0n) is 16.6. The van der Waals surface area contributed by atoms with Gasteiger partial charge in [-0.15, -0.1) is 0 Å². The summed E-state index contributed by atoms with van der Waals surface area (Å²) in [5.74, 6) is -0.713. The Morgan fingerprint density at radius 1 is 1.13 bits per heavy atom. The number of nitrogens with zero attached hydrogens (tertiary/aromatic N) is 2. The van der Waals surface area contributed by atoms with E-state index >= 15 is 0 Å². The van der Waals surface area contributed by atoms with Crippen LogP contribution in [-0.4, -0.2) is 21.7 Å². The quantitative estimate of drug-likeness (QED) is 0.672. The first-order valence-electron chi connectivity index (χ1n) is 10.1. The van der Waals surface area contributed by atoms with Gasteiger partial charge >= 0.3 is 0 Å². The van der Waals surface area contributed by atoms with Crippen molar-refractivity contribution in [3.05, 3.63) is 89.0 Å². The molecular weight excluding hydrogens is 381 g/mol. The van der Waals surface area contributed by atoms with E-state index in [0.29, 0.717) is 30.5 Å². The average Bonchev–Trinajstić information content (AvgIpc) is 2.75. The van der Waals surface area contributed by atoms with Crippen molar-refractivity contribution in [3.8, 4) is 0 Å². The van der Waals surface area contributed by atoms with Gasteiger partial charge in [-0.1, -0.05) is 49.4 Å². The Balaban J connectivity index is 1.55. The van der Waals surface area contributed by atoms with Gasteiger partial charge in [-0.3, -0.25) is 14.9 Å². The first kappa shape index (κ1) is 19.9. The Labute approximate surface area is 174 Å². The Bertz CT molecular complexity index is 1070. The SMILES string of the molecule is CC[C@H](C(=O)Nc1ncc2c(n1)C[C@@H](c1ccc(F)cc1)CC2=O)c1ccccc1. The van der Waals surface area contributed by atoms with Crippen molar-refractivity contribution in [2.45, 2.75) is 38.0 Å². The maximum absolute atomic E-state index is 13.2. The number of carbonyl (C=O) groups is 2. The molecule has 0 fully saturated rings. The van der Waals surface area contributed by atoms with Crippen LogP contribution in [0.1, 0.15) is 58.8 Å². The normalized spacial score (nSPS) is 16.6. The van der Waals surface area contributed by atoms with Crippen molar-refractivity contribution in [3.63, 3.8) is 0 Å². The van der Waals surface area contributed by atoms with Gasteiger partial charge in [0.2, 0.25) is 11.9 Å². The molecule has 2 aromatic carbocycles. The van der Waals surface area contributed by atoms with Gasteiger partial charge in [0.05, 0.1) is 17.2 Å². The summed E-state index contributed by atoms with van der Waals surface area (Å²) in [5, 5.41) is 2.80. The van der Waals surface area contributed by atoms with E-state index in [2.05, 4.69) is 15.3 Å². The van der Waals surface area contributed by atoms with Crippen LogP contribution in [0.3, 0.4) is 0 Å². The zero-order chi connectivity index (χ0) is 21.1. The van der Waals surface area contributed by atoms with Crippen molar-refractivity contribution in [1.82, 2.24) is 9.97 Å². The lowest BCUT2D eigenvalue weighted by Gasteiger charge is -2.23. The molecule has 152 valence electrons. The highest BCUT2D eigenvalue weighted by Crippen LogP contribution is 2.32. The molecule has 4 rings (SSSR count). The molecule has 6 heteroatoms. The molecule has 3 aromatic rings. The summed E-state index contributed by atoms with van der Waals surface area (Å²) in [6.07, 6.45) is 3.00. The minimum atomic E-state index is -0.308. The molecular formula is C24H22FN3O2. The third-order valence-electron chi connectivity index (χ3n) is 5.54. The number of carbonyl (C=O) groups excluding carboxylic acids is 2. The van der Waals surface area contributed by atoms with Gasteiger partial charge in [-0.25, -0.2) is 14.4 Å². The van der Waals surface area contributed by atoms with Gasteiger partial charge in [0.1, 0.15) is 5.82 Å². The van der Waals surface area contributed by atoms with Crippen molar-refractivity contribution < 1.29 is 14.0 Å². The van der Waals surface area contributed by atoms with Crippen molar-refractivity contribution in [1.29, 1.82) is 0 Å². The molecule has 1 amide bonds. The molecule has 30 heavy (non-hydrogen) atoms. The molecule has 0 radical (unpaired) electrons. The molecule has 1 aromatic heterocycles. The first-order valence-corrected chi connectivity index (χ1v) is 10.1. The topological polar surface area (TPSA) is 72.0 Å². The van der Waals surface area contributed by atoms with E-state index in [4.69, 9.17) is 0 Å². The number of Topliss-reactive ketones (excluding diaryl/α,β-unsaturated/α-hetero) is 1. The van der Waals surface area contributed by atoms with Crippen LogP contribution in [0.2, 0.25) is 0 Å². The fourth-order valence-electron chi connectivity index (χ4n) is 3.93. The Kier molecular flexibility index (Phi) is 5.65. The molecule has 0 spiro atoms. The van der Waals surface area contributed by atoms with Gasteiger partial charge in [0, 0.05) is 12.6 Å². The van der Waals surface area contributed by atoms with Crippen molar-refractivity contribution in [2.24, 2.45) is 0 Å². The van der Waals surface area contributed by atoms with Crippen molar-refractivity contribution >= 4 is 17.6 Å². The van der Waals surface area contributed by atoms with Crippen LogP contribution in [0.25, 0.3) is 0 Å². The van der Waals surface area contributed by atoms with E-state index in [0.717, 1.165) is 11.1 Å². The molecule has 0 saturated carbocycles. The van der Waals surface area contributed by atoms with E-state index in [-0.39, 0.29) is 35.3 Å². The smallest absolute Gasteiger partial charge is 0.234 e. The van der Waals surface area contributed by atoms with E-state index in [1.165, 1.54) is 18.3 Å². The highest BCUT2D eigenvalue weighted by atomic mass is 19.1. The molecule has 1 aliphatic carbocycles. The molecule has 0 bridgehead atoms. The number of ketones is 1. The van der Waals surface area contributed by atoms with Crippen LogP contribution in [0.15, 0.2) is 60.8 Å². The molecule has 1 N–H and O–H groups in total. The summed E-state index contributed by atoms with van der Waals surface area (Å²) in [4.78, 5) is 34.0. The van der Waals surface area contributed by atoms with Crippen LogP contribution in [-0.2, 0) is 11.2 Å². The van der Waals surface area contributed by atoms with Crippen LogP contribution in [0.4, 0.5) is 10.3 Å². The second kappa shape index (κ2) is 8.53. The van der Waals surface area contributed by atoms with Gasteiger partial charge in [-0.2, -0.15) is 0 Å². The number of rotatable bonds is 5. The summed E-state index contributed by atoms with van der Waals surface area (Å²) >= 11 is 0. The number of benzene rings is 2. The van der Waals surface area contributed by atoms with E-state index < -0.39 is 0 Å². The summed E-state index contributed by atoms with van der Waals surface area (Å²) in [6.45, 7) is 1.96. The number of halogens is 1. The predicted molar refractivity (Wildman–Crippen MR) is 112 cm³/mol. The zero-order valence-corrected chi connectivity index (χ0v) is 16.6. The summed E-state index contributed by atoms with van der Waals surface area (Å²) in [6, 6.07) is 15.8. The van der Waals surface area contributed by atoms with Gasteiger partial charge in [0.15, 0.2) is 5.78 Å². The maximum Gasteiger partial charge on any atom is 0.234 e. The van der Waals surface area contributed by atoms with Crippen molar-refractivity contribution in [2.75, 3.05) is 5.32 Å². The largest absolute Gasteiger partial charge is 0.294 e. The second-order valence-electron chi connectivity index (χ2n) is 7.49. The highest BCUT2D eigenvalue weighted by molar-refractivity contribution is 5.99. The first-order chi connectivity index (χ1) is 14.5. The van der Waals surface area contributed by atoms with Crippen LogP contribution in [0, 0.1) is 5.82 Å². The Hall–Kier alpha value is -3.41. The van der Waals surface area contributed by atoms with Gasteiger partial charge in [0.25, 0.3) is 0 Å². The van der Waals surface area contributed by atoms with Gasteiger partial charge in [-0.05, 0) is 42.0 Å². The summed E-state index contributed by atoms with van der Waals surface area (Å²) in [5.41, 5.74) is 2.93. The summed E-state index contributed by atoms with van der Waals surface area (Å²) < 4.78 is 13.2. The number of nitrogens with one attached hydrogen (secondary N) is 1. The Morgan fingerprint density at radius 2 is 1.87 bits per heavy atom. The number of anilines is 1. The van der Waals surface area contributed by atoms with E-state index in [1.54, 1.807) is 12.1 Å². The number of hydrogen-bond acceptors (Lipinski definition) is 4. The lowest BCUT2D eigenvalue weighted by Crippen LogP contribution is -2.24.